The number of carbonyl (C=O) groups excluding carboxylic acids is 1. The lowest BCUT2D eigenvalue weighted by molar-refractivity contribution is 0.0944. The van der Waals surface area contributed by atoms with Crippen molar-refractivity contribution in [3.05, 3.63) is 47.9 Å². The Morgan fingerprint density at radius 3 is 2.63 bits per heavy atom. The van der Waals surface area contributed by atoms with E-state index in [1.807, 2.05) is 34.9 Å². The molecule has 2 aromatic heterocycles. The molecule has 6 heteroatoms. The summed E-state index contributed by atoms with van der Waals surface area (Å²) in [6.07, 6.45) is 2.35. The van der Waals surface area contributed by atoms with Gasteiger partial charge in [0.05, 0.1) is 26.0 Å². The van der Waals surface area contributed by atoms with Gasteiger partial charge in [0, 0.05) is 25.2 Å². The summed E-state index contributed by atoms with van der Waals surface area (Å²) in [5.74, 6) is 1.71. The van der Waals surface area contributed by atoms with E-state index < -0.39 is 0 Å². The molecule has 0 saturated carbocycles. The molecule has 1 aromatic carbocycles. The van der Waals surface area contributed by atoms with E-state index in [0.717, 1.165) is 23.2 Å². The van der Waals surface area contributed by atoms with Gasteiger partial charge < -0.3 is 23.8 Å². The Kier molecular flexibility index (Phi) is 5.74. The molecular formula is C21H26N2O4. The minimum Gasteiger partial charge on any atom is -0.493 e. The van der Waals surface area contributed by atoms with Gasteiger partial charge in [-0.1, -0.05) is 19.9 Å². The molecule has 3 aromatic rings. The predicted octanol–water partition coefficient (Wildman–Crippen LogP) is 3.88. The monoisotopic (exact) mass is 370 g/mol. The lowest BCUT2D eigenvalue weighted by Crippen LogP contribution is -2.28. The maximum Gasteiger partial charge on any atom is 0.268 e. The van der Waals surface area contributed by atoms with Crippen molar-refractivity contribution in [1.82, 2.24) is 9.88 Å². The lowest BCUT2D eigenvalue weighted by atomic mass is 10.1. The molecule has 0 aliphatic rings. The van der Waals surface area contributed by atoms with Crippen molar-refractivity contribution >= 4 is 17.0 Å². The van der Waals surface area contributed by atoms with Crippen molar-refractivity contribution in [2.24, 2.45) is 5.92 Å². The second-order valence-electron chi connectivity index (χ2n) is 6.90. The fourth-order valence-corrected chi connectivity index (χ4v) is 3.17. The Labute approximate surface area is 159 Å². The minimum absolute atomic E-state index is 0.0949. The van der Waals surface area contributed by atoms with Crippen LogP contribution in [0.15, 0.2) is 41.0 Å². The van der Waals surface area contributed by atoms with Gasteiger partial charge in [-0.25, -0.2) is 0 Å². The Morgan fingerprint density at radius 2 is 1.93 bits per heavy atom. The number of amides is 1. The Morgan fingerprint density at radius 1 is 1.15 bits per heavy atom. The van der Waals surface area contributed by atoms with Crippen molar-refractivity contribution in [3.8, 4) is 11.5 Å². The molecule has 0 aliphatic heterocycles. The van der Waals surface area contributed by atoms with Gasteiger partial charge in [-0.2, -0.15) is 0 Å². The number of fused-ring (bicyclic) bond motifs is 1. The zero-order valence-corrected chi connectivity index (χ0v) is 16.2. The largest absolute Gasteiger partial charge is 0.493 e. The smallest absolute Gasteiger partial charge is 0.268 e. The van der Waals surface area contributed by atoms with E-state index in [2.05, 4.69) is 19.2 Å². The van der Waals surface area contributed by atoms with E-state index in [-0.39, 0.29) is 5.91 Å². The van der Waals surface area contributed by atoms with Gasteiger partial charge >= 0.3 is 0 Å². The molecule has 0 atom stereocenters. The summed E-state index contributed by atoms with van der Waals surface area (Å²) < 4.78 is 18.1. The molecule has 0 radical (unpaired) electrons. The van der Waals surface area contributed by atoms with E-state index in [9.17, 15) is 4.79 Å². The van der Waals surface area contributed by atoms with Crippen LogP contribution in [0.3, 0.4) is 0 Å². The van der Waals surface area contributed by atoms with Gasteiger partial charge in [0.15, 0.2) is 17.1 Å². The summed E-state index contributed by atoms with van der Waals surface area (Å²) in [5, 5.41) is 3.00. The number of furan rings is 1. The number of aromatic nitrogens is 1. The minimum atomic E-state index is -0.0949. The second-order valence-corrected chi connectivity index (χ2v) is 6.90. The highest BCUT2D eigenvalue weighted by Crippen LogP contribution is 2.27. The first-order chi connectivity index (χ1) is 13.0. The van der Waals surface area contributed by atoms with Crippen LogP contribution in [-0.4, -0.2) is 31.2 Å². The molecule has 3 rings (SSSR count). The van der Waals surface area contributed by atoms with Crippen LogP contribution in [0.25, 0.3) is 11.1 Å². The molecule has 1 N–H and O–H groups in total. The number of rotatable bonds is 8. The van der Waals surface area contributed by atoms with Crippen LogP contribution in [0, 0.1) is 5.92 Å². The first kappa shape index (κ1) is 18.9. The molecule has 144 valence electrons. The van der Waals surface area contributed by atoms with Crippen molar-refractivity contribution in [3.63, 3.8) is 0 Å². The van der Waals surface area contributed by atoms with E-state index >= 15 is 0 Å². The van der Waals surface area contributed by atoms with Crippen LogP contribution in [0.1, 0.15) is 29.9 Å². The third-order valence-corrected chi connectivity index (χ3v) is 4.45. The number of carbonyl (C=O) groups is 1. The van der Waals surface area contributed by atoms with Gasteiger partial charge in [0.1, 0.15) is 5.69 Å². The molecule has 0 unspecified atom stereocenters. The Hall–Kier alpha value is -2.89. The van der Waals surface area contributed by atoms with E-state index in [1.54, 1.807) is 20.5 Å². The zero-order chi connectivity index (χ0) is 19.4. The average molecular weight is 370 g/mol. The summed E-state index contributed by atoms with van der Waals surface area (Å²) in [4.78, 5) is 12.7. The highest BCUT2D eigenvalue weighted by atomic mass is 16.5. The molecule has 6 nitrogen and oxygen atoms in total. The van der Waals surface area contributed by atoms with E-state index in [4.69, 9.17) is 13.9 Å². The number of hydrogen-bond donors (Lipinski definition) is 1. The normalized spacial score (nSPS) is 11.1. The van der Waals surface area contributed by atoms with Crippen molar-refractivity contribution < 1.29 is 18.7 Å². The van der Waals surface area contributed by atoms with Gasteiger partial charge in [0.2, 0.25) is 0 Å². The van der Waals surface area contributed by atoms with Crippen LogP contribution in [0.4, 0.5) is 0 Å². The summed E-state index contributed by atoms with van der Waals surface area (Å²) >= 11 is 0. The van der Waals surface area contributed by atoms with E-state index in [1.165, 1.54) is 0 Å². The van der Waals surface area contributed by atoms with E-state index in [0.29, 0.717) is 36.1 Å². The van der Waals surface area contributed by atoms with Crippen molar-refractivity contribution in [2.45, 2.75) is 26.8 Å². The average Bonchev–Trinajstić information content (AvgIpc) is 3.24. The van der Waals surface area contributed by atoms with Crippen LogP contribution in [0.5, 0.6) is 11.5 Å². The highest BCUT2D eigenvalue weighted by Gasteiger charge is 2.18. The van der Waals surface area contributed by atoms with Gasteiger partial charge in [-0.3, -0.25) is 4.79 Å². The number of nitrogens with one attached hydrogen (secondary N) is 1. The molecule has 1 amide bonds. The summed E-state index contributed by atoms with van der Waals surface area (Å²) in [7, 11) is 3.22. The lowest BCUT2D eigenvalue weighted by Gasteiger charge is -2.13. The number of hydrogen-bond acceptors (Lipinski definition) is 4. The van der Waals surface area contributed by atoms with Crippen molar-refractivity contribution in [1.29, 1.82) is 0 Å². The quantitative estimate of drug-likeness (QED) is 0.653. The molecular weight excluding hydrogens is 344 g/mol. The maximum atomic E-state index is 12.7. The first-order valence-electron chi connectivity index (χ1n) is 9.09. The molecule has 0 fully saturated rings. The Bertz CT molecular complexity index is 924. The van der Waals surface area contributed by atoms with Gasteiger partial charge in [-0.05, 0) is 30.0 Å². The van der Waals surface area contributed by atoms with Gasteiger partial charge in [0.25, 0.3) is 5.91 Å². The molecule has 2 heterocycles. The number of nitrogens with zero attached hydrogens (tertiary/aromatic N) is 1. The first-order valence-corrected chi connectivity index (χ1v) is 9.09. The van der Waals surface area contributed by atoms with Crippen LogP contribution in [-0.2, 0) is 13.0 Å². The third-order valence-electron chi connectivity index (χ3n) is 4.45. The molecule has 27 heavy (non-hydrogen) atoms. The molecule has 0 aliphatic carbocycles. The molecule has 0 saturated heterocycles. The topological polar surface area (TPSA) is 65.6 Å². The fourth-order valence-electron chi connectivity index (χ4n) is 3.17. The summed E-state index contributed by atoms with van der Waals surface area (Å²) in [6.45, 7) is 5.55. The van der Waals surface area contributed by atoms with Gasteiger partial charge in [-0.15, -0.1) is 0 Å². The summed E-state index contributed by atoms with van der Waals surface area (Å²) in [5.41, 5.74) is 3.39. The number of benzene rings is 1. The predicted molar refractivity (Wildman–Crippen MR) is 105 cm³/mol. The Balaban J connectivity index is 1.68. The van der Waals surface area contributed by atoms with Crippen LogP contribution >= 0.6 is 0 Å². The number of ether oxygens (including phenoxy) is 2. The zero-order valence-electron chi connectivity index (χ0n) is 16.2. The number of methoxy groups -OCH3 is 2. The van der Waals surface area contributed by atoms with Crippen LogP contribution in [0.2, 0.25) is 0 Å². The fraction of sp³-hybridized carbons (Fsp3) is 0.381. The summed E-state index contributed by atoms with van der Waals surface area (Å²) in [6, 6.07) is 9.49. The SMILES string of the molecule is COc1ccc(CCNC(=O)c2cc3occc3n2CC(C)C)cc1OC. The van der Waals surface area contributed by atoms with Crippen LogP contribution < -0.4 is 14.8 Å². The highest BCUT2D eigenvalue weighted by molar-refractivity contribution is 5.97. The second kappa shape index (κ2) is 8.20. The molecule has 0 spiro atoms. The maximum absolute atomic E-state index is 12.7. The third kappa shape index (κ3) is 4.10. The van der Waals surface area contributed by atoms with Crippen molar-refractivity contribution in [2.75, 3.05) is 20.8 Å². The standard InChI is InChI=1S/C21H26N2O4/c1-14(2)13-23-16-8-10-27-19(16)12-17(23)21(24)22-9-7-15-5-6-18(25-3)20(11-15)26-4/h5-6,8,10-12,14H,7,9,13H2,1-4H3,(H,22,24). The molecule has 0 bridgehead atoms.